The summed E-state index contributed by atoms with van der Waals surface area (Å²) in [5.41, 5.74) is 6.47. The second-order valence-corrected chi connectivity index (χ2v) is 1.46. The van der Waals surface area contributed by atoms with E-state index in [9.17, 15) is 0 Å². The SMILES string of the molecule is C=C/C(N)=C(\C=C)C=N.CC.[HH]. The third kappa shape index (κ3) is 5.15. The molecule has 0 aliphatic heterocycles. The van der Waals surface area contributed by atoms with Crippen LogP contribution in [0.5, 0.6) is 0 Å². The van der Waals surface area contributed by atoms with Crippen LogP contribution in [0.15, 0.2) is 36.6 Å². The summed E-state index contributed by atoms with van der Waals surface area (Å²) in [5, 5.41) is 6.81. The quantitative estimate of drug-likeness (QED) is 0.476. The minimum atomic E-state index is 0. The molecule has 0 aliphatic carbocycles. The Bertz CT molecular complexity index is 161. The molecule has 0 fully saturated rings. The maximum absolute atomic E-state index is 6.81. The van der Waals surface area contributed by atoms with Gasteiger partial charge in [-0.3, -0.25) is 0 Å². The fourth-order valence-corrected chi connectivity index (χ4v) is 0.378. The lowest BCUT2D eigenvalue weighted by molar-refractivity contribution is 1.39. The van der Waals surface area contributed by atoms with E-state index < -0.39 is 0 Å². The molecule has 0 unspecified atom stereocenters. The van der Waals surface area contributed by atoms with Crippen LogP contribution in [0.1, 0.15) is 15.3 Å². The second kappa shape index (κ2) is 8.69. The molecule has 0 bridgehead atoms. The van der Waals surface area contributed by atoms with Crippen molar-refractivity contribution in [1.29, 1.82) is 5.41 Å². The Labute approximate surface area is 70.1 Å². The molecule has 0 aromatic heterocycles. The van der Waals surface area contributed by atoms with Gasteiger partial charge < -0.3 is 11.1 Å². The standard InChI is InChI=1S/C7H10N2.C2H6.H2/c1-3-6(5-8)7(9)4-2;1-2;/h3-5,8H,1-2,9H2;1-2H3;1H/b7-6-,8-5?;;. The molecule has 0 rings (SSSR count). The zero-order valence-corrected chi connectivity index (χ0v) is 7.22. The lowest BCUT2D eigenvalue weighted by Gasteiger charge is -1.93. The van der Waals surface area contributed by atoms with Crippen LogP contribution in [-0.4, -0.2) is 6.21 Å². The van der Waals surface area contributed by atoms with Crippen molar-refractivity contribution in [3.05, 3.63) is 36.6 Å². The molecule has 0 radical (unpaired) electrons. The molecule has 0 aromatic rings. The molecule has 0 heterocycles. The first-order chi connectivity index (χ1) is 5.26. The molecule has 3 N–H and O–H groups in total. The molecular formula is C9H18N2. The Morgan fingerprint density at radius 2 is 1.82 bits per heavy atom. The highest BCUT2D eigenvalue weighted by molar-refractivity contribution is 5.81. The smallest absolute Gasteiger partial charge is 0.0396 e. The highest BCUT2D eigenvalue weighted by atomic mass is 14.6. The molecule has 0 saturated heterocycles. The van der Waals surface area contributed by atoms with Crippen LogP contribution in [0.4, 0.5) is 0 Å². The topological polar surface area (TPSA) is 49.9 Å². The molecule has 64 valence electrons. The first-order valence-electron chi connectivity index (χ1n) is 3.51. The van der Waals surface area contributed by atoms with E-state index in [0.29, 0.717) is 11.3 Å². The summed E-state index contributed by atoms with van der Waals surface area (Å²) in [4.78, 5) is 0. The van der Waals surface area contributed by atoms with Crippen LogP contribution in [0.3, 0.4) is 0 Å². The summed E-state index contributed by atoms with van der Waals surface area (Å²) in [7, 11) is 0. The Morgan fingerprint density at radius 3 is 1.91 bits per heavy atom. The van der Waals surface area contributed by atoms with Gasteiger partial charge in [0.2, 0.25) is 0 Å². The summed E-state index contributed by atoms with van der Waals surface area (Å²) >= 11 is 0. The molecule has 0 aromatic carbocycles. The Morgan fingerprint density at radius 1 is 1.36 bits per heavy atom. The summed E-state index contributed by atoms with van der Waals surface area (Å²) in [6.07, 6.45) is 4.15. The van der Waals surface area contributed by atoms with Gasteiger partial charge in [-0.1, -0.05) is 33.1 Å². The van der Waals surface area contributed by atoms with E-state index in [2.05, 4.69) is 13.2 Å². The number of allylic oxidation sites excluding steroid dienone is 3. The largest absolute Gasteiger partial charge is 0.398 e. The number of nitrogens with one attached hydrogen (secondary N) is 1. The van der Waals surface area contributed by atoms with E-state index >= 15 is 0 Å². The average Bonchev–Trinajstić information content (AvgIpc) is 2.10. The van der Waals surface area contributed by atoms with Gasteiger partial charge in [0.15, 0.2) is 0 Å². The van der Waals surface area contributed by atoms with Crippen molar-refractivity contribution < 1.29 is 1.43 Å². The molecule has 2 heteroatoms. The van der Waals surface area contributed by atoms with Crippen LogP contribution in [0, 0.1) is 5.41 Å². The van der Waals surface area contributed by atoms with Crippen molar-refractivity contribution in [3.63, 3.8) is 0 Å². The third-order valence-electron chi connectivity index (χ3n) is 0.929. The van der Waals surface area contributed by atoms with Crippen LogP contribution in [-0.2, 0) is 0 Å². The van der Waals surface area contributed by atoms with E-state index in [-0.39, 0.29) is 1.43 Å². The van der Waals surface area contributed by atoms with Gasteiger partial charge in [-0.25, -0.2) is 0 Å². The van der Waals surface area contributed by atoms with E-state index in [1.807, 2.05) is 13.8 Å². The summed E-state index contributed by atoms with van der Waals surface area (Å²) in [6, 6.07) is 0. The zero-order chi connectivity index (χ0) is 9.28. The predicted molar refractivity (Wildman–Crippen MR) is 53.9 cm³/mol. The van der Waals surface area contributed by atoms with E-state index in [0.717, 1.165) is 6.21 Å². The third-order valence-corrected chi connectivity index (χ3v) is 0.929. The van der Waals surface area contributed by atoms with Crippen LogP contribution >= 0.6 is 0 Å². The normalized spacial score (nSPS) is 10.0. The number of nitrogens with two attached hydrogens (primary N) is 1. The molecule has 11 heavy (non-hydrogen) atoms. The van der Waals surface area contributed by atoms with Gasteiger partial charge in [0.1, 0.15) is 0 Å². The van der Waals surface area contributed by atoms with Gasteiger partial charge in [-0.05, 0) is 6.08 Å². The maximum atomic E-state index is 6.81. The second-order valence-electron chi connectivity index (χ2n) is 1.46. The highest BCUT2D eigenvalue weighted by Gasteiger charge is 1.87. The molecule has 0 amide bonds. The molecule has 0 atom stereocenters. The molecule has 0 spiro atoms. The van der Waals surface area contributed by atoms with E-state index in [1.165, 1.54) is 12.2 Å². The van der Waals surface area contributed by atoms with Gasteiger partial charge in [0.05, 0.1) is 0 Å². The van der Waals surface area contributed by atoms with Gasteiger partial charge >= 0.3 is 0 Å². The highest BCUT2D eigenvalue weighted by Crippen LogP contribution is 1.95. The van der Waals surface area contributed by atoms with E-state index in [1.54, 1.807) is 0 Å². The summed E-state index contributed by atoms with van der Waals surface area (Å²) < 4.78 is 0. The monoisotopic (exact) mass is 154 g/mol. The first kappa shape index (κ1) is 12.4. The number of hydrogen-bond acceptors (Lipinski definition) is 2. The minimum Gasteiger partial charge on any atom is -0.398 e. The van der Waals surface area contributed by atoms with Crippen molar-refractivity contribution in [2.75, 3.05) is 0 Å². The molecular weight excluding hydrogens is 136 g/mol. The van der Waals surface area contributed by atoms with Crippen molar-refractivity contribution in [2.24, 2.45) is 5.73 Å². The number of rotatable bonds is 3. The minimum absolute atomic E-state index is 0. The van der Waals surface area contributed by atoms with Crippen molar-refractivity contribution in [2.45, 2.75) is 13.8 Å². The van der Waals surface area contributed by atoms with Crippen molar-refractivity contribution in [3.8, 4) is 0 Å². The molecule has 2 nitrogen and oxygen atoms in total. The molecule has 0 aliphatic rings. The fraction of sp³-hybridized carbons (Fsp3) is 0.222. The average molecular weight is 154 g/mol. The lowest BCUT2D eigenvalue weighted by atomic mass is 10.2. The van der Waals surface area contributed by atoms with E-state index in [4.69, 9.17) is 11.1 Å². The maximum Gasteiger partial charge on any atom is 0.0396 e. The van der Waals surface area contributed by atoms with Gasteiger partial charge in [0, 0.05) is 18.9 Å². The summed E-state index contributed by atoms with van der Waals surface area (Å²) in [6.45, 7) is 10.9. The zero-order valence-electron chi connectivity index (χ0n) is 7.22. The Hall–Kier alpha value is -1.31. The predicted octanol–water partition coefficient (Wildman–Crippen LogP) is 2.49. The Kier molecular flexibility index (Phi) is 9.78. The first-order valence-corrected chi connectivity index (χ1v) is 3.51. The van der Waals surface area contributed by atoms with Crippen LogP contribution in [0.2, 0.25) is 0 Å². The fourth-order valence-electron chi connectivity index (χ4n) is 0.378. The Balaban J connectivity index is -0.000000249. The molecule has 0 saturated carbocycles. The van der Waals surface area contributed by atoms with Crippen molar-refractivity contribution >= 4 is 6.21 Å². The lowest BCUT2D eigenvalue weighted by Crippen LogP contribution is -1.97. The van der Waals surface area contributed by atoms with Gasteiger partial charge in [0.25, 0.3) is 0 Å². The summed E-state index contributed by atoms with van der Waals surface area (Å²) in [5.74, 6) is 0. The van der Waals surface area contributed by atoms with Crippen molar-refractivity contribution in [1.82, 2.24) is 0 Å². The van der Waals surface area contributed by atoms with Gasteiger partial charge in [-0.15, -0.1) is 0 Å². The van der Waals surface area contributed by atoms with Crippen LogP contribution in [0.25, 0.3) is 0 Å². The van der Waals surface area contributed by atoms with Gasteiger partial charge in [-0.2, -0.15) is 0 Å². The van der Waals surface area contributed by atoms with Crippen LogP contribution < -0.4 is 5.73 Å². The number of hydrogen-bond donors (Lipinski definition) is 2.